The molecule has 0 bridgehead atoms. The lowest BCUT2D eigenvalue weighted by Crippen LogP contribution is -2.06. The summed E-state index contributed by atoms with van der Waals surface area (Å²) in [5, 5.41) is 0.170. The highest BCUT2D eigenvalue weighted by Gasteiger charge is 2.03. The molecule has 1 aromatic carbocycles. The first-order chi connectivity index (χ1) is 6.63. The molecule has 0 fully saturated rings. The summed E-state index contributed by atoms with van der Waals surface area (Å²) in [6.07, 6.45) is 1.14. The highest BCUT2D eigenvalue weighted by Crippen LogP contribution is 2.19. The van der Waals surface area contributed by atoms with Crippen molar-refractivity contribution in [2.24, 2.45) is 11.7 Å². The lowest BCUT2D eigenvalue weighted by Gasteiger charge is -2.10. The Hall–Kier alpha value is -0.470. The Balaban J connectivity index is 2.68. The van der Waals surface area contributed by atoms with Crippen LogP contribution in [-0.4, -0.2) is 6.54 Å². The zero-order chi connectivity index (χ0) is 10.6. The second kappa shape index (κ2) is 5.42. The van der Waals surface area contributed by atoms with Gasteiger partial charge in [-0.2, -0.15) is 12.6 Å². The summed E-state index contributed by atoms with van der Waals surface area (Å²) in [6.45, 7) is 5.05. The second-order valence-corrected chi connectivity index (χ2v) is 4.71. The largest absolute Gasteiger partial charge is 0.329 e. The quantitative estimate of drug-likeness (QED) is 0.733. The van der Waals surface area contributed by atoms with E-state index in [0.29, 0.717) is 12.5 Å². The third-order valence-corrected chi connectivity index (χ3v) is 2.74. The minimum atomic E-state index is 0.170. The van der Waals surface area contributed by atoms with E-state index >= 15 is 0 Å². The maximum atomic E-state index is 5.55. The predicted octanol–water partition coefficient (Wildman–Crippen LogP) is 2.81. The Morgan fingerprint density at radius 2 is 1.79 bits per heavy atom. The van der Waals surface area contributed by atoms with Crippen LogP contribution in [0.1, 0.15) is 30.2 Å². The molecule has 0 heterocycles. The third kappa shape index (κ3) is 3.35. The minimum Gasteiger partial charge on any atom is -0.329 e. The van der Waals surface area contributed by atoms with Gasteiger partial charge in [0, 0.05) is 11.8 Å². The van der Waals surface area contributed by atoms with Crippen LogP contribution >= 0.6 is 12.6 Å². The normalized spacial score (nSPS) is 13.2. The average Bonchev–Trinajstić information content (AvgIpc) is 2.17. The van der Waals surface area contributed by atoms with Crippen LogP contribution in [0.15, 0.2) is 24.3 Å². The highest BCUT2D eigenvalue weighted by molar-refractivity contribution is 7.80. The number of hydrogen-bond acceptors (Lipinski definition) is 2. The molecule has 0 saturated carbocycles. The van der Waals surface area contributed by atoms with E-state index in [1.807, 2.05) is 0 Å². The number of benzene rings is 1. The van der Waals surface area contributed by atoms with E-state index in [0.717, 1.165) is 6.42 Å². The number of rotatable bonds is 4. The summed E-state index contributed by atoms with van der Waals surface area (Å²) in [5.41, 5.74) is 8.15. The fourth-order valence-corrected chi connectivity index (χ4v) is 1.66. The molecule has 1 unspecified atom stereocenters. The van der Waals surface area contributed by atoms with E-state index in [2.05, 4.69) is 50.7 Å². The van der Waals surface area contributed by atoms with Crippen molar-refractivity contribution in [3.63, 3.8) is 0 Å². The van der Waals surface area contributed by atoms with Crippen LogP contribution in [0.4, 0.5) is 0 Å². The lowest BCUT2D eigenvalue weighted by atomic mass is 10.0. The van der Waals surface area contributed by atoms with Gasteiger partial charge in [-0.05, 0) is 23.5 Å². The first kappa shape index (κ1) is 11.6. The molecule has 0 amide bonds. The van der Waals surface area contributed by atoms with E-state index in [1.165, 1.54) is 11.1 Å². The van der Waals surface area contributed by atoms with Crippen molar-refractivity contribution in [1.29, 1.82) is 0 Å². The molecule has 0 aliphatic heterocycles. The summed E-state index contributed by atoms with van der Waals surface area (Å²) < 4.78 is 0. The van der Waals surface area contributed by atoms with E-state index in [1.54, 1.807) is 0 Å². The van der Waals surface area contributed by atoms with Gasteiger partial charge in [-0.1, -0.05) is 38.1 Å². The van der Waals surface area contributed by atoms with Gasteiger partial charge in [0.2, 0.25) is 0 Å². The van der Waals surface area contributed by atoms with Crippen molar-refractivity contribution in [2.75, 3.05) is 6.54 Å². The van der Waals surface area contributed by atoms with Crippen LogP contribution in [0.2, 0.25) is 0 Å². The Labute approximate surface area is 92.1 Å². The zero-order valence-electron chi connectivity index (χ0n) is 8.90. The van der Waals surface area contributed by atoms with Crippen molar-refractivity contribution in [1.82, 2.24) is 0 Å². The number of hydrogen-bond donors (Lipinski definition) is 2. The molecule has 78 valence electrons. The van der Waals surface area contributed by atoms with Crippen LogP contribution in [0.3, 0.4) is 0 Å². The van der Waals surface area contributed by atoms with Crippen LogP contribution in [-0.2, 0) is 6.42 Å². The van der Waals surface area contributed by atoms with Gasteiger partial charge >= 0.3 is 0 Å². The fraction of sp³-hybridized carbons (Fsp3) is 0.500. The summed E-state index contributed by atoms with van der Waals surface area (Å²) in [5.74, 6) is 0.710. The van der Waals surface area contributed by atoms with Crippen molar-refractivity contribution in [3.05, 3.63) is 35.4 Å². The SMILES string of the molecule is CC(C)Cc1ccc(C(S)CN)cc1. The smallest absolute Gasteiger partial charge is 0.0389 e. The molecule has 1 atom stereocenters. The average molecular weight is 209 g/mol. The van der Waals surface area contributed by atoms with E-state index in [4.69, 9.17) is 5.73 Å². The standard InChI is InChI=1S/C12H19NS/c1-9(2)7-10-3-5-11(6-4-10)12(14)8-13/h3-6,9,12,14H,7-8,13H2,1-2H3. The summed E-state index contributed by atoms with van der Waals surface area (Å²) in [7, 11) is 0. The van der Waals surface area contributed by atoms with Gasteiger partial charge in [0.05, 0.1) is 0 Å². The molecule has 0 saturated heterocycles. The van der Waals surface area contributed by atoms with Gasteiger partial charge in [-0.3, -0.25) is 0 Å². The Bertz CT molecular complexity index is 266. The van der Waals surface area contributed by atoms with Crippen molar-refractivity contribution in [3.8, 4) is 0 Å². The van der Waals surface area contributed by atoms with Gasteiger partial charge in [0.1, 0.15) is 0 Å². The molecule has 14 heavy (non-hydrogen) atoms. The summed E-state index contributed by atoms with van der Waals surface area (Å²) in [4.78, 5) is 0. The Morgan fingerprint density at radius 1 is 1.21 bits per heavy atom. The van der Waals surface area contributed by atoms with Gasteiger partial charge in [0.25, 0.3) is 0 Å². The molecule has 0 radical (unpaired) electrons. The van der Waals surface area contributed by atoms with Crippen LogP contribution < -0.4 is 5.73 Å². The Kier molecular flexibility index (Phi) is 4.49. The zero-order valence-corrected chi connectivity index (χ0v) is 9.80. The first-order valence-corrected chi connectivity index (χ1v) is 5.62. The van der Waals surface area contributed by atoms with Crippen molar-refractivity contribution >= 4 is 12.6 Å². The maximum absolute atomic E-state index is 5.55. The molecular weight excluding hydrogens is 190 g/mol. The van der Waals surface area contributed by atoms with Crippen molar-refractivity contribution < 1.29 is 0 Å². The molecule has 2 heteroatoms. The molecule has 1 rings (SSSR count). The van der Waals surface area contributed by atoms with Gasteiger partial charge in [-0.15, -0.1) is 0 Å². The monoisotopic (exact) mass is 209 g/mol. The molecule has 1 nitrogen and oxygen atoms in total. The summed E-state index contributed by atoms with van der Waals surface area (Å²) >= 11 is 4.40. The van der Waals surface area contributed by atoms with Crippen molar-refractivity contribution in [2.45, 2.75) is 25.5 Å². The molecule has 0 spiro atoms. The van der Waals surface area contributed by atoms with Crippen LogP contribution in [0.5, 0.6) is 0 Å². The topological polar surface area (TPSA) is 26.0 Å². The third-order valence-electron chi connectivity index (χ3n) is 2.23. The second-order valence-electron chi connectivity index (χ2n) is 4.09. The first-order valence-electron chi connectivity index (χ1n) is 5.10. The van der Waals surface area contributed by atoms with Gasteiger partial charge in [0.15, 0.2) is 0 Å². The molecular formula is C12H19NS. The highest BCUT2D eigenvalue weighted by atomic mass is 32.1. The number of nitrogens with two attached hydrogens (primary N) is 1. The fourth-order valence-electron chi connectivity index (χ4n) is 1.48. The molecule has 0 aliphatic carbocycles. The van der Waals surface area contributed by atoms with E-state index in [-0.39, 0.29) is 5.25 Å². The van der Waals surface area contributed by atoms with Crippen LogP contribution in [0.25, 0.3) is 0 Å². The lowest BCUT2D eigenvalue weighted by molar-refractivity contribution is 0.647. The minimum absolute atomic E-state index is 0.170. The number of thiol groups is 1. The van der Waals surface area contributed by atoms with E-state index < -0.39 is 0 Å². The Morgan fingerprint density at radius 3 is 2.21 bits per heavy atom. The van der Waals surface area contributed by atoms with Gasteiger partial charge in [-0.25, -0.2) is 0 Å². The van der Waals surface area contributed by atoms with Gasteiger partial charge < -0.3 is 5.73 Å². The molecule has 0 aliphatic rings. The molecule has 2 N–H and O–H groups in total. The van der Waals surface area contributed by atoms with Crippen LogP contribution in [0, 0.1) is 5.92 Å². The molecule has 0 aromatic heterocycles. The maximum Gasteiger partial charge on any atom is 0.0389 e. The molecule has 1 aromatic rings. The van der Waals surface area contributed by atoms with E-state index in [9.17, 15) is 0 Å². The predicted molar refractivity (Wildman–Crippen MR) is 65.8 cm³/mol. The summed E-state index contributed by atoms with van der Waals surface area (Å²) in [6, 6.07) is 8.60.